The molecule has 1 unspecified atom stereocenters. The third-order valence-electron chi connectivity index (χ3n) is 5.32. The van der Waals surface area contributed by atoms with Crippen molar-refractivity contribution in [2.45, 2.75) is 44.7 Å². The molecule has 11 nitrogen and oxygen atoms in total. The van der Waals surface area contributed by atoms with Crippen molar-refractivity contribution in [1.82, 2.24) is 15.3 Å². The van der Waals surface area contributed by atoms with Gasteiger partial charge in [0.15, 0.2) is 0 Å². The standard InChI is InChI=1S/C17H23N4O7P.ClH/c22-16-17(23)20-15-11(6-12(21(24)25)7-13(15)19-16)8-18-14(9-29(26,27)28)10-4-2-1-3-5-10;/h6-7,10,14,18H,1-5,8-9H2,(H,19,22)(H,20,23)(H2,26,27,28);1H. The Hall–Kier alpha value is -2.04. The normalized spacial score (nSPS) is 16.2. The lowest BCUT2D eigenvalue weighted by atomic mass is 9.84. The number of non-ortho nitro benzene ring substituents is 1. The van der Waals surface area contributed by atoms with E-state index in [9.17, 15) is 34.1 Å². The number of halogens is 1. The maximum atomic E-state index is 11.7. The lowest BCUT2D eigenvalue weighted by Gasteiger charge is -2.31. The molecule has 0 aliphatic heterocycles. The molecule has 5 N–H and O–H groups in total. The van der Waals surface area contributed by atoms with Crippen molar-refractivity contribution in [2.24, 2.45) is 5.92 Å². The first-order valence-electron chi connectivity index (χ1n) is 9.35. The highest BCUT2D eigenvalue weighted by Crippen LogP contribution is 2.39. The molecule has 0 saturated heterocycles. The molecular formula is C17H24ClN4O7P. The fourth-order valence-electron chi connectivity index (χ4n) is 3.94. The first-order valence-corrected chi connectivity index (χ1v) is 11.2. The van der Waals surface area contributed by atoms with Crippen LogP contribution in [0.2, 0.25) is 0 Å². The fraction of sp³-hybridized carbons (Fsp3) is 0.529. The number of nitro benzene ring substituents is 1. The second-order valence-electron chi connectivity index (χ2n) is 7.43. The quantitative estimate of drug-likeness (QED) is 0.179. The van der Waals surface area contributed by atoms with Gasteiger partial charge >= 0.3 is 18.7 Å². The number of aromatic nitrogens is 2. The van der Waals surface area contributed by atoms with E-state index < -0.39 is 29.7 Å². The highest BCUT2D eigenvalue weighted by atomic mass is 35.5. The van der Waals surface area contributed by atoms with Gasteiger partial charge in [0.2, 0.25) is 0 Å². The van der Waals surface area contributed by atoms with Crippen LogP contribution < -0.4 is 16.4 Å². The maximum absolute atomic E-state index is 11.7. The van der Waals surface area contributed by atoms with Gasteiger partial charge in [-0.15, -0.1) is 12.4 Å². The molecule has 13 heteroatoms. The molecule has 0 radical (unpaired) electrons. The third kappa shape index (κ3) is 5.99. The van der Waals surface area contributed by atoms with Crippen LogP contribution in [0.25, 0.3) is 11.0 Å². The highest BCUT2D eigenvalue weighted by molar-refractivity contribution is 7.51. The topological polar surface area (TPSA) is 178 Å². The number of H-pyrrole nitrogens is 2. The number of benzene rings is 1. The van der Waals surface area contributed by atoms with Crippen molar-refractivity contribution in [3.63, 3.8) is 0 Å². The van der Waals surface area contributed by atoms with E-state index in [4.69, 9.17) is 0 Å². The van der Waals surface area contributed by atoms with Gasteiger partial charge in [-0.1, -0.05) is 19.3 Å². The van der Waals surface area contributed by atoms with Crippen molar-refractivity contribution in [2.75, 3.05) is 6.16 Å². The molecule has 1 fully saturated rings. The number of nitro groups is 1. The summed E-state index contributed by atoms with van der Waals surface area (Å²) in [6, 6.07) is 1.96. The minimum atomic E-state index is -4.27. The van der Waals surface area contributed by atoms with Crippen LogP contribution in [0, 0.1) is 16.0 Å². The summed E-state index contributed by atoms with van der Waals surface area (Å²) in [5, 5.41) is 14.4. The van der Waals surface area contributed by atoms with Crippen LogP contribution in [0.3, 0.4) is 0 Å². The second-order valence-corrected chi connectivity index (χ2v) is 9.12. The monoisotopic (exact) mass is 462 g/mol. The first-order chi connectivity index (χ1) is 13.6. The van der Waals surface area contributed by atoms with Crippen LogP contribution in [0.5, 0.6) is 0 Å². The highest BCUT2D eigenvalue weighted by Gasteiger charge is 2.29. The zero-order valence-electron chi connectivity index (χ0n) is 16.0. The van der Waals surface area contributed by atoms with Crippen LogP contribution in [0.4, 0.5) is 5.69 Å². The molecule has 30 heavy (non-hydrogen) atoms. The summed E-state index contributed by atoms with van der Waals surface area (Å²) in [5.74, 6) is 0.0835. The zero-order chi connectivity index (χ0) is 21.2. The third-order valence-corrected chi connectivity index (χ3v) is 6.19. The van der Waals surface area contributed by atoms with Crippen molar-refractivity contribution in [3.05, 3.63) is 48.5 Å². The largest absolute Gasteiger partial charge is 0.327 e. The van der Waals surface area contributed by atoms with Crippen molar-refractivity contribution >= 4 is 36.7 Å². The van der Waals surface area contributed by atoms with E-state index in [-0.39, 0.29) is 47.8 Å². The Morgan fingerprint density at radius 2 is 1.80 bits per heavy atom. The summed E-state index contributed by atoms with van der Waals surface area (Å²) in [6.45, 7) is 0.0430. The number of fused-ring (bicyclic) bond motifs is 1. The molecule has 0 spiro atoms. The Labute approximate surface area is 177 Å². The predicted molar refractivity (Wildman–Crippen MR) is 113 cm³/mol. The molecule has 1 heterocycles. The molecule has 0 amide bonds. The number of aromatic amines is 2. The lowest BCUT2D eigenvalue weighted by molar-refractivity contribution is -0.384. The zero-order valence-corrected chi connectivity index (χ0v) is 17.7. The number of nitrogens with zero attached hydrogens (tertiary/aromatic N) is 1. The first kappa shape index (κ1) is 24.2. The summed E-state index contributed by atoms with van der Waals surface area (Å²) in [6.07, 6.45) is 4.41. The van der Waals surface area contributed by atoms with E-state index in [0.717, 1.165) is 38.2 Å². The number of rotatable bonds is 7. The summed E-state index contributed by atoms with van der Waals surface area (Å²) in [7, 11) is -4.27. The van der Waals surface area contributed by atoms with Gasteiger partial charge in [0.25, 0.3) is 5.69 Å². The van der Waals surface area contributed by atoms with E-state index in [1.54, 1.807) is 0 Å². The summed E-state index contributed by atoms with van der Waals surface area (Å²) in [5.41, 5.74) is -1.35. The summed E-state index contributed by atoms with van der Waals surface area (Å²) < 4.78 is 11.6. The minimum absolute atomic E-state index is 0. The van der Waals surface area contributed by atoms with E-state index in [1.165, 1.54) is 6.07 Å². The van der Waals surface area contributed by atoms with Gasteiger partial charge in [0.05, 0.1) is 22.1 Å². The van der Waals surface area contributed by atoms with Crippen LogP contribution in [0.1, 0.15) is 37.7 Å². The number of nitrogens with one attached hydrogen (secondary N) is 3. The Morgan fingerprint density at radius 3 is 2.40 bits per heavy atom. The van der Waals surface area contributed by atoms with E-state index in [1.807, 2.05) is 0 Å². The Bertz CT molecular complexity index is 1070. The van der Waals surface area contributed by atoms with Crippen molar-refractivity contribution < 1.29 is 19.3 Å². The summed E-state index contributed by atoms with van der Waals surface area (Å²) >= 11 is 0. The number of hydrogen-bond acceptors (Lipinski definition) is 6. The molecule has 0 bridgehead atoms. The van der Waals surface area contributed by atoms with Crippen LogP contribution >= 0.6 is 20.0 Å². The van der Waals surface area contributed by atoms with Crippen LogP contribution in [-0.4, -0.2) is 36.9 Å². The Kier molecular flexibility index (Phi) is 7.95. The SMILES string of the molecule is Cl.O=c1[nH]c2cc([N+](=O)[O-])cc(CNC(CP(=O)(O)O)C3CCCCC3)c2[nH]c1=O. The van der Waals surface area contributed by atoms with Gasteiger partial charge < -0.3 is 25.1 Å². The Balaban J connectivity index is 0.00000320. The average Bonchev–Trinajstić information content (AvgIpc) is 2.65. The van der Waals surface area contributed by atoms with Crippen LogP contribution in [0.15, 0.2) is 21.7 Å². The molecule has 1 saturated carbocycles. The van der Waals surface area contributed by atoms with Crippen molar-refractivity contribution in [1.29, 1.82) is 0 Å². The molecule has 1 aromatic carbocycles. The average molecular weight is 463 g/mol. The molecule has 1 aliphatic rings. The predicted octanol–water partition coefficient (Wildman–Crippen LogP) is 1.76. The van der Waals surface area contributed by atoms with E-state index in [0.29, 0.717) is 5.56 Å². The molecule has 2 aromatic rings. The number of hydrogen-bond donors (Lipinski definition) is 5. The fourth-order valence-corrected chi connectivity index (χ4v) is 4.88. The minimum Gasteiger partial charge on any atom is -0.324 e. The molecule has 166 valence electrons. The second kappa shape index (κ2) is 9.84. The van der Waals surface area contributed by atoms with Gasteiger partial charge in [-0.2, -0.15) is 0 Å². The van der Waals surface area contributed by atoms with Crippen LogP contribution in [-0.2, 0) is 11.1 Å². The van der Waals surface area contributed by atoms with Crippen molar-refractivity contribution in [3.8, 4) is 0 Å². The van der Waals surface area contributed by atoms with Gasteiger partial charge in [-0.25, -0.2) is 0 Å². The Morgan fingerprint density at radius 1 is 1.17 bits per heavy atom. The van der Waals surface area contributed by atoms with Gasteiger partial charge in [-0.05, 0) is 24.3 Å². The molecule has 3 rings (SSSR count). The van der Waals surface area contributed by atoms with E-state index in [2.05, 4.69) is 15.3 Å². The van der Waals surface area contributed by atoms with Gasteiger partial charge in [0, 0.05) is 24.7 Å². The smallest absolute Gasteiger partial charge is 0.324 e. The summed E-state index contributed by atoms with van der Waals surface area (Å²) in [4.78, 5) is 57.6. The molecule has 1 aromatic heterocycles. The molecule has 1 aliphatic carbocycles. The maximum Gasteiger partial charge on any atom is 0.327 e. The van der Waals surface area contributed by atoms with Gasteiger partial charge in [0.1, 0.15) is 0 Å². The van der Waals surface area contributed by atoms with Gasteiger partial charge in [-0.3, -0.25) is 24.3 Å². The molecular weight excluding hydrogens is 439 g/mol. The van der Waals surface area contributed by atoms with E-state index >= 15 is 0 Å². The molecule has 1 atom stereocenters. The lowest BCUT2D eigenvalue weighted by Crippen LogP contribution is -2.40.